The van der Waals surface area contributed by atoms with Crippen LogP contribution in [-0.4, -0.2) is 20.9 Å². The van der Waals surface area contributed by atoms with Crippen molar-refractivity contribution in [3.05, 3.63) is 83.4 Å². The van der Waals surface area contributed by atoms with E-state index >= 15 is 0 Å². The Hall–Kier alpha value is -2.50. The monoisotopic (exact) mass is 339 g/mol. The van der Waals surface area contributed by atoms with E-state index in [4.69, 9.17) is 0 Å². The van der Waals surface area contributed by atoms with Crippen LogP contribution in [0.2, 0.25) is 0 Å². The maximum Gasteiger partial charge on any atom is 0.123 e. The fourth-order valence-corrected chi connectivity index (χ4v) is 2.71. The minimum Gasteiger partial charge on any atom is -0.387 e. The van der Waals surface area contributed by atoms with Gasteiger partial charge in [-0.25, -0.2) is 9.07 Å². The summed E-state index contributed by atoms with van der Waals surface area (Å²) in [6.45, 7) is 4.47. The number of nitrogens with zero attached hydrogens (tertiary/aromatic N) is 2. The zero-order valence-corrected chi connectivity index (χ0v) is 14.4. The number of rotatable bonds is 6. The lowest BCUT2D eigenvalue weighted by atomic mass is 10.0. The molecule has 2 atom stereocenters. The van der Waals surface area contributed by atoms with Crippen molar-refractivity contribution in [3.63, 3.8) is 0 Å². The van der Waals surface area contributed by atoms with Gasteiger partial charge in [0, 0.05) is 24.3 Å². The van der Waals surface area contributed by atoms with E-state index in [2.05, 4.69) is 10.4 Å². The summed E-state index contributed by atoms with van der Waals surface area (Å²) in [7, 11) is 0. The fraction of sp³-hybridized carbons (Fsp3) is 0.250. The second kappa shape index (κ2) is 7.59. The minimum atomic E-state index is -0.704. The molecule has 0 aliphatic rings. The Morgan fingerprint density at radius 3 is 2.48 bits per heavy atom. The molecular formula is C20H22FN3O. The van der Waals surface area contributed by atoms with Gasteiger partial charge in [0.05, 0.1) is 17.5 Å². The van der Waals surface area contributed by atoms with Crippen molar-refractivity contribution in [2.45, 2.75) is 32.5 Å². The molecule has 130 valence electrons. The van der Waals surface area contributed by atoms with Gasteiger partial charge in [-0.2, -0.15) is 5.10 Å². The van der Waals surface area contributed by atoms with E-state index in [9.17, 15) is 9.50 Å². The second-order valence-corrected chi connectivity index (χ2v) is 6.19. The number of hydrogen-bond donors (Lipinski definition) is 2. The molecule has 2 N–H and O–H groups in total. The molecule has 0 aliphatic carbocycles. The molecule has 4 nitrogen and oxygen atoms in total. The van der Waals surface area contributed by atoms with Gasteiger partial charge >= 0.3 is 0 Å². The summed E-state index contributed by atoms with van der Waals surface area (Å²) < 4.78 is 14.9. The summed E-state index contributed by atoms with van der Waals surface area (Å²) in [5, 5.41) is 18.3. The molecule has 3 rings (SSSR count). The first-order valence-corrected chi connectivity index (χ1v) is 8.32. The molecule has 0 fully saturated rings. The molecule has 2 aromatic carbocycles. The third-order valence-corrected chi connectivity index (χ3v) is 4.32. The number of para-hydroxylation sites is 1. The highest BCUT2D eigenvalue weighted by Gasteiger charge is 2.17. The summed E-state index contributed by atoms with van der Waals surface area (Å²) in [4.78, 5) is 0. The number of aryl methyl sites for hydroxylation is 1. The molecule has 3 aromatic rings. The van der Waals surface area contributed by atoms with Crippen molar-refractivity contribution in [1.82, 2.24) is 15.1 Å². The first kappa shape index (κ1) is 17.3. The van der Waals surface area contributed by atoms with Crippen LogP contribution in [0, 0.1) is 12.7 Å². The molecule has 1 heterocycles. The van der Waals surface area contributed by atoms with E-state index in [1.54, 1.807) is 12.1 Å². The lowest BCUT2D eigenvalue weighted by Crippen LogP contribution is -2.31. The van der Waals surface area contributed by atoms with E-state index in [1.165, 1.54) is 12.1 Å². The topological polar surface area (TPSA) is 50.1 Å². The van der Waals surface area contributed by atoms with Crippen molar-refractivity contribution in [2.24, 2.45) is 0 Å². The molecule has 0 amide bonds. The number of nitrogens with one attached hydrogen (secondary N) is 1. The van der Waals surface area contributed by atoms with Gasteiger partial charge in [0.15, 0.2) is 0 Å². The van der Waals surface area contributed by atoms with Gasteiger partial charge in [0.1, 0.15) is 5.82 Å². The molecular weight excluding hydrogens is 317 g/mol. The number of aliphatic hydroxyl groups excluding tert-OH is 1. The Morgan fingerprint density at radius 2 is 1.80 bits per heavy atom. The smallest absolute Gasteiger partial charge is 0.123 e. The highest BCUT2D eigenvalue weighted by molar-refractivity contribution is 5.32. The zero-order valence-electron chi connectivity index (χ0n) is 14.4. The van der Waals surface area contributed by atoms with Crippen LogP contribution in [0.25, 0.3) is 5.69 Å². The predicted molar refractivity (Wildman–Crippen MR) is 96.0 cm³/mol. The van der Waals surface area contributed by atoms with Crippen LogP contribution in [0.1, 0.15) is 29.8 Å². The third-order valence-electron chi connectivity index (χ3n) is 4.32. The number of aliphatic hydroxyl groups is 1. The van der Waals surface area contributed by atoms with E-state index in [0.29, 0.717) is 12.1 Å². The molecule has 5 heteroatoms. The number of hydrogen-bond acceptors (Lipinski definition) is 3. The Labute approximate surface area is 146 Å². The van der Waals surface area contributed by atoms with Crippen LogP contribution >= 0.6 is 0 Å². The van der Waals surface area contributed by atoms with Gasteiger partial charge in [0.2, 0.25) is 0 Å². The molecule has 1 aromatic heterocycles. The van der Waals surface area contributed by atoms with Crippen molar-refractivity contribution in [3.8, 4) is 5.69 Å². The van der Waals surface area contributed by atoms with Crippen molar-refractivity contribution in [1.29, 1.82) is 0 Å². The van der Waals surface area contributed by atoms with Crippen molar-refractivity contribution in [2.75, 3.05) is 0 Å². The van der Waals surface area contributed by atoms with E-state index < -0.39 is 6.10 Å². The van der Waals surface area contributed by atoms with Gasteiger partial charge in [-0.15, -0.1) is 0 Å². The molecule has 0 aliphatic heterocycles. The third kappa shape index (κ3) is 4.13. The van der Waals surface area contributed by atoms with E-state index in [1.807, 2.05) is 55.1 Å². The van der Waals surface area contributed by atoms with E-state index in [0.717, 1.165) is 16.9 Å². The van der Waals surface area contributed by atoms with Crippen LogP contribution in [0.5, 0.6) is 0 Å². The highest BCUT2D eigenvalue weighted by Crippen LogP contribution is 2.18. The van der Waals surface area contributed by atoms with Gasteiger partial charge in [-0.05, 0) is 43.7 Å². The molecule has 0 saturated heterocycles. The quantitative estimate of drug-likeness (QED) is 0.722. The van der Waals surface area contributed by atoms with Gasteiger partial charge < -0.3 is 10.4 Å². The first-order chi connectivity index (χ1) is 12.0. The molecule has 0 spiro atoms. The molecule has 25 heavy (non-hydrogen) atoms. The first-order valence-electron chi connectivity index (χ1n) is 8.32. The van der Waals surface area contributed by atoms with Crippen molar-refractivity contribution >= 4 is 0 Å². The Kier molecular flexibility index (Phi) is 5.26. The molecule has 0 bridgehead atoms. The second-order valence-electron chi connectivity index (χ2n) is 6.19. The Balaban J connectivity index is 1.65. The Morgan fingerprint density at radius 1 is 1.12 bits per heavy atom. The fourth-order valence-electron chi connectivity index (χ4n) is 2.71. The van der Waals surface area contributed by atoms with Gasteiger partial charge in [-0.1, -0.05) is 30.3 Å². The maximum atomic E-state index is 13.0. The summed E-state index contributed by atoms with van der Waals surface area (Å²) in [5.41, 5.74) is 3.72. The number of aromatic nitrogens is 2. The lowest BCUT2D eigenvalue weighted by Gasteiger charge is -2.20. The minimum absolute atomic E-state index is 0.176. The summed E-state index contributed by atoms with van der Waals surface area (Å²) >= 11 is 0. The lowest BCUT2D eigenvalue weighted by molar-refractivity contribution is 0.135. The Bertz CT molecular complexity index is 815. The largest absolute Gasteiger partial charge is 0.387 e. The standard InChI is InChI=1S/C20H22FN3O/c1-14-17(13-24(23-14)19-6-4-3-5-7-19)12-22-15(2)20(25)16-8-10-18(21)11-9-16/h3-11,13,15,20,22,25H,12H2,1-2H3. The van der Waals surface area contributed by atoms with Crippen LogP contribution in [0.4, 0.5) is 4.39 Å². The van der Waals surface area contributed by atoms with Crippen LogP contribution in [-0.2, 0) is 6.54 Å². The van der Waals surface area contributed by atoms with Crippen LogP contribution < -0.4 is 5.32 Å². The predicted octanol–water partition coefficient (Wildman–Crippen LogP) is 3.53. The maximum absolute atomic E-state index is 13.0. The molecule has 0 saturated carbocycles. The summed E-state index contributed by atoms with van der Waals surface area (Å²) in [6, 6.07) is 15.7. The van der Waals surface area contributed by atoms with Gasteiger partial charge in [0.25, 0.3) is 0 Å². The zero-order chi connectivity index (χ0) is 17.8. The van der Waals surface area contributed by atoms with E-state index in [-0.39, 0.29) is 11.9 Å². The normalized spacial score (nSPS) is 13.6. The molecule has 2 unspecified atom stereocenters. The van der Waals surface area contributed by atoms with Crippen LogP contribution in [0.3, 0.4) is 0 Å². The van der Waals surface area contributed by atoms with Crippen LogP contribution in [0.15, 0.2) is 60.8 Å². The SMILES string of the molecule is Cc1nn(-c2ccccc2)cc1CNC(C)C(O)c1ccc(F)cc1. The summed E-state index contributed by atoms with van der Waals surface area (Å²) in [6.07, 6.45) is 1.29. The summed E-state index contributed by atoms with van der Waals surface area (Å²) in [5.74, 6) is -0.305. The number of halogens is 1. The average molecular weight is 339 g/mol. The number of benzene rings is 2. The average Bonchev–Trinajstić information content (AvgIpc) is 3.01. The highest BCUT2D eigenvalue weighted by atomic mass is 19.1. The van der Waals surface area contributed by atoms with Crippen molar-refractivity contribution < 1.29 is 9.50 Å². The molecule has 0 radical (unpaired) electrons. The van der Waals surface area contributed by atoms with Gasteiger partial charge in [-0.3, -0.25) is 0 Å².